The quantitative estimate of drug-likeness (QED) is 0.784. The highest BCUT2D eigenvalue weighted by Crippen LogP contribution is 2.36. The summed E-state index contributed by atoms with van der Waals surface area (Å²) >= 11 is 0. The first-order chi connectivity index (χ1) is 10.8. The highest BCUT2D eigenvalue weighted by Gasteiger charge is 2.23. The van der Waals surface area contributed by atoms with Gasteiger partial charge in [0.1, 0.15) is 11.4 Å². The third kappa shape index (κ3) is 2.08. The van der Waals surface area contributed by atoms with Gasteiger partial charge in [0, 0.05) is 24.0 Å². The molecule has 0 saturated carbocycles. The van der Waals surface area contributed by atoms with Crippen LogP contribution in [0.2, 0.25) is 0 Å². The molecule has 1 aromatic carbocycles. The topological polar surface area (TPSA) is 50.9 Å². The van der Waals surface area contributed by atoms with Crippen LogP contribution in [0.25, 0.3) is 22.8 Å². The van der Waals surface area contributed by atoms with Gasteiger partial charge in [0.15, 0.2) is 5.82 Å². The molecule has 3 heterocycles. The van der Waals surface area contributed by atoms with E-state index in [2.05, 4.69) is 9.55 Å². The zero-order chi connectivity index (χ0) is 14.9. The smallest absolute Gasteiger partial charge is 0.159 e. The van der Waals surface area contributed by atoms with Crippen LogP contribution >= 0.6 is 0 Å². The summed E-state index contributed by atoms with van der Waals surface area (Å²) in [4.78, 5) is 9.27. The molecule has 4 rings (SSSR count). The van der Waals surface area contributed by atoms with Gasteiger partial charge in [-0.25, -0.2) is 4.98 Å². The molecule has 0 bridgehead atoms. The van der Waals surface area contributed by atoms with E-state index >= 15 is 0 Å². The first-order valence-electron chi connectivity index (χ1n) is 7.64. The zero-order valence-corrected chi connectivity index (χ0v) is 12.2. The van der Waals surface area contributed by atoms with Crippen LogP contribution in [0.4, 0.5) is 0 Å². The highest BCUT2D eigenvalue weighted by atomic mass is 16.3. The number of phenols is 1. The van der Waals surface area contributed by atoms with E-state index in [0.717, 1.165) is 48.6 Å². The second-order valence-corrected chi connectivity index (χ2v) is 5.57. The van der Waals surface area contributed by atoms with E-state index in [1.165, 1.54) is 5.69 Å². The number of fused-ring (bicyclic) bond motifs is 1. The molecule has 22 heavy (non-hydrogen) atoms. The number of phenolic OH excluding ortho intramolecular Hbond substituents is 1. The van der Waals surface area contributed by atoms with Gasteiger partial charge >= 0.3 is 0 Å². The van der Waals surface area contributed by atoms with Crippen LogP contribution in [0.1, 0.15) is 18.5 Å². The number of aromatic hydroxyl groups is 1. The second-order valence-electron chi connectivity index (χ2n) is 5.57. The van der Waals surface area contributed by atoms with E-state index in [9.17, 15) is 5.11 Å². The Hall–Kier alpha value is -2.62. The Morgan fingerprint density at radius 1 is 1.00 bits per heavy atom. The van der Waals surface area contributed by atoms with Gasteiger partial charge in [-0.2, -0.15) is 0 Å². The molecule has 2 aromatic heterocycles. The maximum Gasteiger partial charge on any atom is 0.159 e. The Morgan fingerprint density at radius 3 is 2.68 bits per heavy atom. The van der Waals surface area contributed by atoms with Crippen LogP contribution < -0.4 is 0 Å². The molecule has 110 valence electrons. The van der Waals surface area contributed by atoms with Crippen molar-refractivity contribution in [2.45, 2.75) is 25.8 Å². The number of benzene rings is 1. The summed E-state index contributed by atoms with van der Waals surface area (Å²) in [5, 5.41) is 10.2. The summed E-state index contributed by atoms with van der Waals surface area (Å²) in [7, 11) is 0. The Labute approximate surface area is 129 Å². The van der Waals surface area contributed by atoms with Crippen molar-refractivity contribution in [2.75, 3.05) is 0 Å². The monoisotopic (exact) mass is 291 g/mol. The van der Waals surface area contributed by atoms with Crippen LogP contribution in [0.3, 0.4) is 0 Å². The van der Waals surface area contributed by atoms with Crippen molar-refractivity contribution < 1.29 is 5.11 Å². The summed E-state index contributed by atoms with van der Waals surface area (Å²) in [5.74, 6) is 1.18. The number of nitrogens with zero attached hydrogens (tertiary/aromatic N) is 3. The maximum atomic E-state index is 10.2. The van der Waals surface area contributed by atoms with E-state index in [1.807, 2.05) is 36.4 Å². The first-order valence-corrected chi connectivity index (χ1v) is 7.64. The molecule has 3 aromatic rings. The zero-order valence-electron chi connectivity index (χ0n) is 12.2. The van der Waals surface area contributed by atoms with Gasteiger partial charge in [-0.3, -0.25) is 4.98 Å². The van der Waals surface area contributed by atoms with Crippen molar-refractivity contribution in [2.24, 2.45) is 0 Å². The van der Waals surface area contributed by atoms with Crippen LogP contribution in [0, 0.1) is 0 Å². The fourth-order valence-corrected chi connectivity index (χ4v) is 3.12. The van der Waals surface area contributed by atoms with Crippen molar-refractivity contribution >= 4 is 0 Å². The minimum atomic E-state index is 0.279. The van der Waals surface area contributed by atoms with Gasteiger partial charge in [-0.1, -0.05) is 18.2 Å². The van der Waals surface area contributed by atoms with Crippen molar-refractivity contribution in [3.05, 3.63) is 54.4 Å². The number of para-hydroxylation sites is 1. The van der Waals surface area contributed by atoms with E-state index in [-0.39, 0.29) is 5.75 Å². The molecule has 0 aliphatic carbocycles. The van der Waals surface area contributed by atoms with E-state index in [4.69, 9.17) is 4.98 Å². The summed E-state index contributed by atoms with van der Waals surface area (Å²) in [6.07, 6.45) is 5.10. The fourth-order valence-electron chi connectivity index (χ4n) is 3.12. The average Bonchev–Trinajstić information content (AvgIpc) is 2.96. The Balaban J connectivity index is 1.94. The van der Waals surface area contributed by atoms with Crippen LogP contribution in [-0.2, 0) is 13.0 Å². The van der Waals surface area contributed by atoms with Crippen molar-refractivity contribution in [1.29, 1.82) is 0 Å². The van der Waals surface area contributed by atoms with E-state index in [1.54, 1.807) is 12.3 Å². The SMILES string of the molecule is Oc1ccccc1-c1nc(-c2ccccn2)n2c1CCCC2. The predicted octanol–water partition coefficient (Wildman–Crippen LogP) is 3.65. The predicted molar refractivity (Wildman–Crippen MR) is 85.5 cm³/mol. The molecular formula is C18H17N3O. The summed E-state index contributed by atoms with van der Waals surface area (Å²) < 4.78 is 2.26. The van der Waals surface area contributed by atoms with E-state index in [0.29, 0.717) is 0 Å². The molecular weight excluding hydrogens is 274 g/mol. The first kappa shape index (κ1) is 13.1. The number of rotatable bonds is 2. The number of hydrogen-bond donors (Lipinski definition) is 1. The highest BCUT2D eigenvalue weighted by molar-refractivity contribution is 5.72. The van der Waals surface area contributed by atoms with Gasteiger partial charge in [-0.15, -0.1) is 0 Å². The fraction of sp³-hybridized carbons (Fsp3) is 0.222. The molecule has 4 nitrogen and oxygen atoms in total. The minimum Gasteiger partial charge on any atom is -0.507 e. The minimum absolute atomic E-state index is 0.279. The molecule has 0 saturated heterocycles. The van der Waals surface area contributed by atoms with Gasteiger partial charge in [0.25, 0.3) is 0 Å². The summed E-state index contributed by atoms with van der Waals surface area (Å²) in [6.45, 7) is 0.960. The number of pyridine rings is 1. The summed E-state index contributed by atoms with van der Waals surface area (Å²) in [5.41, 5.74) is 3.77. The largest absolute Gasteiger partial charge is 0.507 e. The molecule has 0 spiro atoms. The second kappa shape index (κ2) is 5.30. The number of imidazole rings is 1. The molecule has 4 heteroatoms. The van der Waals surface area contributed by atoms with Gasteiger partial charge in [0.05, 0.1) is 5.69 Å². The molecule has 0 unspecified atom stereocenters. The summed E-state index contributed by atoms with van der Waals surface area (Å²) in [6, 6.07) is 13.3. The van der Waals surface area contributed by atoms with Crippen molar-refractivity contribution in [3.63, 3.8) is 0 Å². The van der Waals surface area contributed by atoms with Gasteiger partial charge in [0.2, 0.25) is 0 Å². The molecule has 0 atom stereocenters. The maximum absolute atomic E-state index is 10.2. The lowest BCUT2D eigenvalue weighted by Gasteiger charge is -2.17. The molecule has 1 N–H and O–H groups in total. The molecule has 1 aliphatic rings. The lowest BCUT2D eigenvalue weighted by Crippen LogP contribution is -2.11. The standard InChI is InChI=1S/C18H17N3O/c22-16-10-2-1-7-13(16)17-15-9-4-6-12-21(15)18(20-17)14-8-3-5-11-19-14/h1-3,5,7-8,10-11,22H,4,6,9,12H2. The van der Waals surface area contributed by atoms with Crippen molar-refractivity contribution in [3.8, 4) is 28.5 Å². The molecule has 0 amide bonds. The van der Waals surface area contributed by atoms with Gasteiger partial charge in [-0.05, 0) is 43.5 Å². The Morgan fingerprint density at radius 2 is 1.86 bits per heavy atom. The third-order valence-electron chi connectivity index (χ3n) is 4.17. The van der Waals surface area contributed by atoms with Crippen LogP contribution in [0.15, 0.2) is 48.7 Å². The van der Waals surface area contributed by atoms with Gasteiger partial charge < -0.3 is 9.67 Å². The lowest BCUT2D eigenvalue weighted by molar-refractivity contribution is 0.477. The van der Waals surface area contributed by atoms with E-state index < -0.39 is 0 Å². The molecule has 1 aliphatic heterocycles. The number of aromatic nitrogens is 3. The van der Waals surface area contributed by atoms with Crippen LogP contribution in [0.5, 0.6) is 5.75 Å². The molecule has 0 radical (unpaired) electrons. The average molecular weight is 291 g/mol. The molecule has 0 fully saturated rings. The van der Waals surface area contributed by atoms with Crippen LogP contribution in [-0.4, -0.2) is 19.6 Å². The third-order valence-corrected chi connectivity index (χ3v) is 4.17. The lowest BCUT2D eigenvalue weighted by atomic mass is 10.0. The Kier molecular flexibility index (Phi) is 3.15. The Bertz CT molecular complexity index is 808. The van der Waals surface area contributed by atoms with Crippen molar-refractivity contribution in [1.82, 2.24) is 14.5 Å². The number of hydrogen-bond acceptors (Lipinski definition) is 3. The normalized spacial score (nSPS) is 13.8.